The van der Waals surface area contributed by atoms with Crippen molar-refractivity contribution in [3.63, 3.8) is 0 Å². The van der Waals surface area contributed by atoms with Crippen LogP contribution in [0.2, 0.25) is 0 Å². The van der Waals surface area contributed by atoms with Crippen molar-refractivity contribution in [2.24, 2.45) is 17.3 Å². The Bertz CT molecular complexity index is 1000. The number of fused-ring (bicyclic) bond motifs is 1. The van der Waals surface area contributed by atoms with Crippen molar-refractivity contribution in [3.8, 4) is 0 Å². The molecule has 7 atom stereocenters. The van der Waals surface area contributed by atoms with Crippen LogP contribution in [0.1, 0.15) is 84.3 Å². The van der Waals surface area contributed by atoms with Crippen LogP contribution in [-0.2, 0) is 19.1 Å². The molecule has 2 aliphatic rings. The number of rotatable bonds is 2. The number of ether oxygens (including phenoxy) is 2. The molecule has 0 saturated carbocycles. The molecule has 0 spiro atoms. The molecule has 2 fully saturated rings. The van der Waals surface area contributed by atoms with Crippen molar-refractivity contribution in [1.82, 2.24) is 0 Å². The van der Waals surface area contributed by atoms with E-state index in [1.54, 1.807) is 39.2 Å². The molecule has 0 amide bonds. The van der Waals surface area contributed by atoms with E-state index in [1.165, 1.54) is 11.3 Å². The topological polar surface area (TPSA) is 123 Å². The summed E-state index contributed by atoms with van der Waals surface area (Å²) in [4.78, 5) is 26.2. The number of aliphatic hydroxyl groups excluding tert-OH is 2. The Balaban J connectivity index is 1.88. The fourth-order valence-corrected chi connectivity index (χ4v) is 5.79. The Morgan fingerprint density at radius 2 is 1.92 bits per heavy atom. The molecule has 8 nitrogen and oxygen atoms in total. The van der Waals surface area contributed by atoms with Gasteiger partial charge in [0.15, 0.2) is 0 Å². The molecule has 2 N–H and O–H groups in total. The summed E-state index contributed by atoms with van der Waals surface area (Å²) in [5.74, 6) is -1.69. The van der Waals surface area contributed by atoms with Crippen LogP contribution < -0.4 is 4.73 Å². The SMILES string of the molecule is C/C(=C\c1csc(C)[n+]1[O-])C1CC2O[C@]2(C)CCC[C@H](C)[C@H](O)[C@@H](C)C(=O)C(C)(C)[C@@H](O)CC(=O)O1. The van der Waals surface area contributed by atoms with Gasteiger partial charge in [-0.25, -0.2) is 0 Å². The van der Waals surface area contributed by atoms with E-state index in [2.05, 4.69) is 0 Å². The second kappa shape index (κ2) is 10.9. The summed E-state index contributed by atoms with van der Waals surface area (Å²) in [7, 11) is 0. The summed E-state index contributed by atoms with van der Waals surface area (Å²) in [6.07, 6.45) is 1.29. The van der Waals surface area contributed by atoms with Gasteiger partial charge in [-0.3, -0.25) is 9.59 Å². The number of ketones is 1. The zero-order valence-electron chi connectivity index (χ0n) is 22.4. The third-order valence-corrected chi connectivity index (χ3v) is 9.03. The lowest BCUT2D eigenvalue weighted by Crippen LogP contribution is -2.45. The zero-order chi connectivity index (χ0) is 27.0. The molecule has 36 heavy (non-hydrogen) atoms. The average molecular weight is 524 g/mol. The first-order valence-electron chi connectivity index (χ1n) is 12.8. The lowest BCUT2D eigenvalue weighted by molar-refractivity contribution is -0.608. The molecule has 9 heteroatoms. The molecule has 3 rings (SSSR count). The molecule has 0 bridgehead atoms. The normalized spacial score (nSPS) is 36.8. The number of aryl methyl sites for hydroxylation is 1. The van der Waals surface area contributed by atoms with Gasteiger partial charge in [-0.05, 0) is 38.2 Å². The largest absolute Gasteiger partial charge is 0.617 e. The summed E-state index contributed by atoms with van der Waals surface area (Å²) in [5.41, 5.74) is -0.407. The van der Waals surface area contributed by atoms with Crippen molar-refractivity contribution in [2.45, 2.75) is 111 Å². The fraction of sp³-hybridized carbons (Fsp3) is 0.741. The predicted octanol–water partition coefficient (Wildman–Crippen LogP) is 3.72. The molecule has 0 aromatic carbocycles. The molecule has 2 saturated heterocycles. The monoisotopic (exact) mass is 523 g/mol. The van der Waals surface area contributed by atoms with Crippen molar-refractivity contribution in [2.75, 3.05) is 0 Å². The molecular weight excluding hydrogens is 482 g/mol. The predicted molar refractivity (Wildman–Crippen MR) is 137 cm³/mol. The average Bonchev–Trinajstić information content (AvgIpc) is 3.34. The molecule has 3 heterocycles. The Morgan fingerprint density at radius 3 is 2.53 bits per heavy atom. The van der Waals surface area contributed by atoms with Crippen molar-refractivity contribution in [3.05, 3.63) is 26.9 Å². The summed E-state index contributed by atoms with van der Waals surface area (Å²) < 4.78 is 12.7. The second-order valence-corrected chi connectivity index (χ2v) is 12.5. The summed E-state index contributed by atoms with van der Waals surface area (Å²) in [6, 6.07) is 0. The number of carbonyl (C=O) groups is 2. The number of thiazole rings is 1. The van der Waals surface area contributed by atoms with Gasteiger partial charge in [-0.1, -0.05) is 45.5 Å². The van der Waals surface area contributed by atoms with Crippen molar-refractivity contribution in [1.29, 1.82) is 0 Å². The third kappa shape index (κ3) is 6.18. The minimum absolute atomic E-state index is 0.0960. The summed E-state index contributed by atoms with van der Waals surface area (Å²) >= 11 is 1.35. The van der Waals surface area contributed by atoms with Crippen LogP contribution in [-0.4, -0.2) is 52.0 Å². The van der Waals surface area contributed by atoms with Crippen LogP contribution in [0.25, 0.3) is 6.08 Å². The van der Waals surface area contributed by atoms with Gasteiger partial charge in [0.2, 0.25) is 10.7 Å². The van der Waals surface area contributed by atoms with E-state index in [1.807, 2.05) is 20.8 Å². The van der Waals surface area contributed by atoms with Crippen LogP contribution >= 0.6 is 11.3 Å². The van der Waals surface area contributed by atoms with Crippen molar-refractivity contribution < 1.29 is 34.0 Å². The first kappa shape index (κ1) is 28.8. The Labute approximate surface area is 217 Å². The number of hydrogen-bond acceptors (Lipinski definition) is 8. The fourth-order valence-electron chi connectivity index (χ4n) is 5.14. The van der Waals surface area contributed by atoms with Gasteiger partial charge >= 0.3 is 5.97 Å². The molecule has 2 unspecified atom stereocenters. The third-order valence-electron chi connectivity index (χ3n) is 8.16. The van der Waals surface area contributed by atoms with Gasteiger partial charge in [0, 0.05) is 25.3 Å². The van der Waals surface area contributed by atoms with Crippen LogP contribution in [0.15, 0.2) is 11.0 Å². The van der Waals surface area contributed by atoms with Crippen LogP contribution in [0.3, 0.4) is 0 Å². The number of aromatic nitrogens is 1. The summed E-state index contributed by atoms with van der Waals surface area (Å²) in [5, 5.41) is 36.4. The highest BCUT2D eigenvalue weighted by Crippen LogP contribution is 2.45. The Morgan fingerprint density at radius 1 is 1.25 bits per heavy atom. The van der Waals surface area contributed by atoms with Gasteiger partial charge in [0.05, 0.1) is 41.1 Å². The number of nitrogens with zero attached hydrogens (tertiary/aromatic N) is 1. The molecule has 1 aromatic rings. The van der Waals surface area contributed by atoms with Gasteiger partial charge < -0.3 is 24.9 Å². The first-order chi connectivity index (χ1) is 16.7. The lowest BCUT2D eigenvalue weighted by Gasteiger charge is -2.34. The van der Waals surface area contributed by atoms with Crippen LogP contribution in [0.4, 0.5) is 0 Å². The zero-order valence-corrected chi connectivity index (χ0v) is 23.3. The molecule has 2 aliphatic heterocycles. The molecular formula is C27H41NO7S. The van der Waals surface area contributed by atoms with Gasteiger partial charge in [-0.2, -0.15) is 4.73 Å². The standard InChI is InChI=1S/C27H41NO7S/c1-15-9-8-10-27(7)22(35-27)12-20(16(2)11-19-14-36-18(4)28(19)33)34-23(30)13-21(29)26(5,6)25(32)17(3)24(15)31/h11,14-15,17,20-22,24,29,31H,8-10,12-13H2,1-7H3/b16-11+/t15-,17+,20?,21-,22?,24-,27+/m0/s1. The van der Waals surface area contributed by atoms with E-state index in [9.17, 15) is 25.0 Å². The highest BCUT2D eigenvalue weighted by Gasteiger charge is 2.53. The lowest BCUT2D eigenvalue weighted by atomic mass is 9.73. The first-order valence-corrected chi connectivity index (χ1v) is 13.7. The van der Waals surface area contributed by atoms with Crippen LogP contribution in [0.5, 0.6) is 0 Å². The van der Waals surface area contributed by atoms with Gasteiger partial charge in [0.25, 0.3) is 0 Å². The van der Waals surface area contributed by atoms with E-state index >= 15 is 0 Å². The summed E-state index contributed by atoms with van der Waals surface area (Å²) in [6.45, 7) is 12.4. The highest BCUT2D eigenvalue weighted by atomic mass is 32.1. The van der Waals surface area contributed by atoms with E-state index in [0.717, 1.165) is 24.0 Å². The number of carbonyl (C=O) groups excluding carboxylic acids is 2. The molecule has 0 aliphatic carbocycles. The maximum atomic E-state index is 13.2. The quantitative estimate of drug-likeness (QED) is 0.262. The molecule has 202 valence electrons. The smallest absolute Gasteiger partial charge is 0.309 e. The number of aliphatic hydroxyl groups is 2. The van der Waals surface area contributed by atoms with Gasteiger partial charge in [-0.15, -0.1) is 0 Å². The second-order valence-electron chi connectivity index (χ2n) is 11.5. The minimum atomic E-state index is -1.27. The Kier molecular flexibility index (Phi) is 8.70. The maximum Gasteiger partial charge on any atom is 0.309 e. The van der Waals surface area contributed by atoms with Gasteiger partial charge in [0.1, 0.15) is 11.9 Å². The van der Waals surface area contributed by atoms with E-state index in [4.69, 9.17) is 9.47 Å². The maximum absolute atomic E-state index is 13.2. The number of hydrogen-bond donors (Lipinski definition) is 2. The van der Waals surface area contributed by atoms with E-state index in [-0.39, 0.29) is 29.8 Å². The molecule has 1 aromatic heterocycles. The van der Waals surface area contributed by atoms with Crippen molar-refractivity contribution >= 4 is 29.2 Å². The number of cyclic esters (lactones) is 1. The highest BCUT2D eigenvalue weighted by molar-refractivity contribution is 7.09. The number of esters is 1. The molecule has 0 radical (unpaired) electrons. The van der Waals surface area contributed by atoms with Crippen LogP contribution in [0, 0.1) is 29.4 Å². The Hall–Kier alpha value is -1.81. The number of Topliss-reactive ketones (excluding diaryl/α,β-unsaturated/α-hetero) is 1. The minimum Gasteiger partial charge on any atom is -0.617 e. The van der Waals surface area contributed by atoms with E-state index < -0.39 is 35.6 Å². The number of epoxide rings is 1. The van der Waals surface area contributed by atoms with E-state index in [0.29, 0.717) is 22.7 Å².